The number of hydrogen-bond acceptors (Lipinski definition) is 1. The predicted molar refractivity (Wildman–Crippen MR) is 52.2 cm³/mol. The van der Waals surface area contributed by atoms with Gasteiger partial charge in [-0.15, -0.1) is 0 Å². The molecular weight excluding hydrogens is 191 g/mol. The van der Waals surface area contributed by atoms with Crippen molar-refractivity contribution in [2.75, 3.05) is 6.54 Å². The van der Waals surface area contributed by atoms with Gasteiger partial charge in [-0.25, -0.2) is 0 Å². The Morgan fingerprint density at radius 3 is 2.07 bits per heavy atom. The lowest BCUT2D eigenvalue weighted by molar-refractivity contribution is -0.157. The van der Waals surface area contributed by atoms with Gasteiger partial charge in [0.05, 0.1) is 0 Å². The Bertz CT molecular complexity index is 143. The highest BCUT2D eigenvalue weighted by Gasteiger charge is 2.38. The van der Waals surface area contributed by atoms with Gasteiger partial charge in [0.2, 0.25) is 0 Å². The van der Waals surface area contributed by atoms with E-state index in [9.17, 15) is 13.2 Å². The molecule has 14 heavy (non-hydrogen) atoms. The highest BCUT2D eigenvalue weighted by atomic mass is 19.4. The van der Waals surface area contributed by atoms with E-state index in [1.807, 2.05) is 13.8 Å². The monoisotopic (exact) mass is 211 g/mol. The summed E-state index contributed by atoms with van der Waals surface area (Å²) in [5, 5.41) is 2.47. The Hall–Kier alpha value is -0.250. The molecule has 1 nitrogen and oxygen atoms in total. The van der Waals surface area contributed by atoms with E-state index in [1.165, 1.54) is 0 Å². The Morgan fingerprint density at radius 2 is 1.71 bits per heavy atom. The molecule has 0 heterocycles. The molecule has 0 rings (SSSR count). The second-order valence-corrected chi connectivity index (χ2v) is 3.98. The molecule has 1 N–H and O–H groups in total. The number of hydrogen-bond donors (Lipinski definition) is 1. The van der Waals surface area contributed by atoms with E-state index in [0.717, 1.165) is 6.42 Å². The van der Waals surface area contributed by atoms with Crippen molar-refractivity contribution in [3.63, 3.8) is 0 Å². The SMILES string of the molecule is CCNC(CCCC(C)C)C(F)(F)F. The first-order valence-electron chi connectivity index (χ1n) is 5.18. The molecule has 1 unspecified atom stereocenters. The molecule has 0 spiro atoms. The standard InChI is InChI=1S/C10H20F3N/c1-4-14-9(10(11,12)13)7-5-6-8(2)3/h8-9,14H,4-7H2,1-3H3. The number of rotatable bonds is 6. The quantitative estimate of drug-likeness (QED) is 0.710. The highest BCUT2D eigenvalue weighted by molar-refractivity contribution is 4.74. The number of halogens is 3. The Kier molecular flexibility index (Phi) is 6.16. The summed E-state index contributed by atoms with van der Waals surface area (Å²) in [6.45, 7) is 6.11. The van der Waals surface area contributed by atoms with Crippen molar-refractivity contribution in [3.8, 4) is 0 Å². The van der Waals surface area contributed by atoms with E-state index in [-0.39, 0.29) is 6.42 Å². The van der Waals surface area contributed by atoms with E-state index in [0.29, 0.717) is 18.9 Å². The summed E-state index contributed by atoms with van der Waals surface area (Å²) in [5.74, 6) is 0.477. The molecular formula is C10H20F3N. The van der Waals surface area contributed by atoms with Crippen LogP contribution in [0.4, 0.5) is 13.2 Å². The molecule has 0 aromatic heterocycles. The van der Waals surface area contributed by atoms with Crippen molar-refractivity contribution in [1.82, 2.24) is 5.32 Å². The summed E-state index contributed by atoms with van der Waals surface area (Å²) in [6.07, 6.45) is -2.42. The van der Waals surface area contributed by atoms with Crippen LogP contribution >= 0.6 is 0 Å². The number of nitrogens with one attached hydrogen (secondary N) is 1. The molecule has 0 amide bonds. The van der Waals surface area contributed by atoms with Crippen molar-refractivity contribution >= 4 is 0 Å². The maximum Gasteiger partial charge on any atom is 0.403 e. The fourth-order valence-corrected chi connectivity index (χ4v) is 1.36. The van der Waals surface area contributed by atoms with Crippen molar-refractivity contribution in [1.29, 1.82) is 0 Å². The third kappa shape index (κ3) is 6.24. The third-order valence-electron chi connectivity index (χ3n) is 2.12. The zero-order chi connectivity index (χ0) is 11.2. The van der Waals surface area contributed by atoms with E-state index in [4.69, 9.17) is 0 Å². The summed E-state index contributed by atoms with van der Waals surface area (Å²) in [4.78, 5) is 0. The Morgan fingerprint density at radius 1 is 1.14 bits per heavy atom. The van der Waals surface area contributed by atoms with Crippen LogP contribution < -0.4 is 5.32 Å². The molecule has 0 aromatic carbocycles. The third-order valence-corrected chi connectivity index (χ3v) is 2.12. The largest absolute Gasteiger partial charge is 0.403 e. The van der Waals surface area contributed by atoms with Crippen LogP contribution in [0.5, 0.6) is 0 Å². The van der Waals surface area contributed by atoms with Crippen molar-refractivity contribution in [2.24, 2.45) is 5.92 Å². The molecule has 0 aliphatic rings. The van der Waals surface area contributed by atoms with Gasteiger partial charge in [0, 0.05) is 0 Å². The minimum atomic E-state index is -4.10. The first-order chi connectivity index (χ1) is 6.38. The zero-order valence-corrected chi connectivity index (χ0v) is 9.12. The van der Waals surface area contributed by atoms with Crippen LogP contribution in [0.3, 0.4) is 0 Å². The van der Waals surface area contributed by atoms with Gasteiger partial charge >= 0.3 is 6.18 Å². The first kappa shape index (κ1) is 13.8. The molecule has 4 heteroatoms. The summed E-state index contributed by atoms with van der Waals surface area (Å²) in [7, 11) is 0. The lowest BCUT2D eigenvalue weighted by Gasteiger charge is -2.21. The molecule has 0 bridgehead atoms. The predicted octanol–water partition coefficient (Wildman–Crippen LogP) is 3.35. The van der Waals surface area contributed by atoms with Gasteiger partial charge < -0.3 is 5.32 Å². The Balaban J connectivity index is 3.86. The summed E-state index contributed by atoms with van der Waals surface area (Å²) >= 11 is 0. The molecule has 0 saturated carbocycles. The highest BCUT2D eigenvalue weighted by Crippen LogP contribution is 2.24. The first-order valence-corrected chi connectivity index (χ1v) is 5.18. The van der Waals surface area contributed by atoms with Crippen LogP contribution in [0, 0.1) is 5.92 Å². The maximum absolute atomic E-state index is 12.4. The average molecular weight is 211 g/mol. The lowest BCUT2D eigenvalue weighted by atomic mass is 10.0. The molecule has 0 aliphatic heterocycles. The summed E-state index contributed by atoms with van der Waals surface area (Å²) < 4.78 is 37.1. The molecule has 86 valence electrons. The smallest absolute Gasteiger partial charge is 0.306 e. The van der Waals surface area contributed by atoms with E-state index in [2.05, 4.69) is 5.32 Å². The minimum Gasteiger partial charge on any atom is -0.306 e. The van der Waals surface area contributed by atoms with Gasteiger partial charge in [0.1, 0.15) is 6.04 Å². The molecule has 0 aliphatic carbocycles. The van der Waals surface area contributed by atoms with E-state index < -0.39 is 12.2 Å². The normalized spacial score (nSPS) is 14.8. The minimum absolute atomic E-state index is 0.190. The van der Waals surface area contributed by atoms with E-state index in [1.54, 1.807) is 6.92 Å². The van der Waals surface area contributed by atoms with Crippen LogP contribution in [-0.4, -0.2) is 18.8 Å². The zero-order valence-electron chi connectivity index (χ0n) is 9.12. The lowest BCUT2D eigenvalue weighted by Crippen LogP contribution is -2.42. The second kappa shape index (κ2) is 6.27. The van der Waals surface area contributed by atoms with Crippen LogP contribution in [0.1, 0.15) is 40.0 Å². The van der Waals surface area contributed by atoms with Crippen LogP contribution in [0.2, 0.25) is 0 Å². The van der Waals surface area contributed by atoms with Crippen LogP contribution in [0.15, 0.2) is 0 Å². The van der Waals surface area contributed by atoms with Gasteiger partial charge in [-0.05, 0) is 18.9 Å². The summed E-state index contributed by atoms with van der Waals surface area (Å²) in [5.41, 5.74) is 0. The second-order valence-electron chi connectivity index (χ2n) is 3.98. The Labute approximate surface area is 84.1 Å². The summed E-state index contributed by atoms with van der Waals surface area (Å²) in [6, 6.07) is -1.33. The maximum atomic E-state index is 12.4. The fourth-order valence-electron chi connectivity index (χ4n) is 1.36. The van der Waals surface area contributed by atoms with Crippen molar-refractivity contribution in [2.45, 2.75) is 52.3 Å². The van der Waals surface area contributed by atoms with Crippen LogP contribution in [0.25, 0.3) is 0 Å². The molecule has 0 radical (unpaired) electrons. The molecule has 0 fully saturated rings. The van der Waals surface area contributed by atoms with Crippen molar-refractivity contribution < 1.29 is 13.2 Å². The van der Waals surface area contributed by atoms with Gasteiger partial charge in [-0.1, -0.05) is 33.6 Å². The van der Waals surface area contributed by atoms with E-state index >= 15 is 0 Å². The van der Waals surface area contributed by atoms with Gasteiger partial charge in [-0.2, -0.15) is 13.2 Å². The van der Waals surface area contributed by atoms with Crippen molar-refractivity contribution in [3.05, 3.63) is 0 Å². The average Bonchev–Trinajstić information content (AvgIpc) is 2.00. The molecule has 1 atom stereocenters. The fraction of sp³-hybridized carbons (Fsp3) is 1.00. The molecule has 0 aromatic rings. The van der Waals surface area contributed by atoms with Crippen LogP contribution in [-0.2, 0) is 0 Å². The topological polar surface area (TPSA) is 12.0 Å². The van der Waals surface area contributed by atoms with Gasteiger partial charge in [-0.3, -0.25) is 0 Å². The van der Waals surface area contributed by atoms with Gasteiger partial charge in [0.15, 0.2) is 0 Å². The number of alkyl halides is 3. The molecule has 0 saturated heterocycles. The van der Waals surface area contributed by atoms with Gasteiger partial charge in [0.25, 0.3) is 0 Å².